The van der Waals surface area contributed by atoms with Crippen molar-refractivity contribution < 1.29 is 14.7 Å². The molecular formula is C17H32N2O3. The molecule has 2 N–H and O–H groups in total. The summed E-state index contributed by atoms with van der Waals surface area (Å²) in [5.41, 5.74) is 0. The van der Waals surface area contributed by atoms with Crippen LogP contribution in [0.4, 0.5) is 0 Å². The Kier molecular flexibility index (Phi) is 7.87. The molecule has 0 bridgehead atoms. The van der Waals surface area contributed by atoms with Crippen molar-refractivity contribution in [3.8, 4) is 0 Å². The number of nitrogens with one attached hydrogen (secondary N) is 1. The number of aliphatic carboxylic acids is 1. The number of amides is 1. The van der Waals surface area contributed by atoms with Crippen LogP contribution in [0.3, 0.4) is 0 Å². The van der Waals surface area contributed by atoms with E-state index in [2.05, 4.69) is 19.2 Å². The van der Waals surface area contributed by atoms with Crippen LogP contribution in [0, 0.1) is 17.8 Å². The average molecular weight is 312 g/mol. The number of hydrogen-bond acceptors (Lipinski definition) is 3. The van der Waals surface area contributed by atoms with Crippen LogP contribution in [0.2, 0.25) is 0 Å². The van der Waals surface area contributed by atoms with E-state index in [1.807, 2.05) is 4.90 Å². The third-order valence-electron chi connectivity index (χ3n) is 4.78. The Labute approximate surface area is 134 Å². The third-order valence-corrected chi connectivity index (χ3v) is 4.78. The summed E-state index contributed by atoms with van der Waals surface area (Å²) >= 11 is 0. The first-order valence-corrected chi connectivity index (χ1v) is 8.50. The number of carbonyl (C=O) groups excluding carboxylic acids is 1. The van der Waals surface area contributed by atoms with Gasteiger partial charge >= 0.3 is 5.97 Å². The molecule has 1 saturated carbocycles. The zero-order valence-electron chi connectivity index (χ0n) is 14.5. The molecule has 0 aliphatic heterocycles. The van der Waals surface area contributed by atoms with Crippen LogP contribution in [0.1, 0.15) is 53.4 Å². The summed E-state index contributed by atoms with van der Waals surface area (Å²) in [6.45, 7) is 9.72. The van der Waals surface area contributed by atoms with Crippen molar-refractivity contribution in [3.05, 3.63) is 0 Å². The minimum Gasteiger partial charge on any atom is -0.480 e. The molecule has 1 aliphatic rings. The lowest BCUT2D eigenvalue weighted by atomic mass is 9.75. The molecule has 5 heteroatoms. The van der Waals surface area contributed by atoms with Gasteiger partial charge < -0.3 is 10.4 Å². The van der Waals surface area contributed by atoms with Crippen molar-refractivity contribution in [2.75, 3.05) is 19.6 Å². The van der Waals surface area contributed by atoms with Gasteiger partial charge in [-0.1, -0.05) is 13.8 Å². The molecule has 3 unspecified atom stereocenters. The lowest BCUT2D eigenvalue weighted by Gasteiger charge is -2.34. The van der Waals surface area contributed by atoms with Crippen LogP contribution in [-0.4, -0.2) is 47.6 Å². The Hall–Kier alpha value is -1.10. The van der Waals surface area contributed by atoms with Gasteiger partial charge in [0, 0.05) is 20.0 Å². The Morgan fingerprint density at radius 3 is 2.27 bits per heavy atom. The number of carbonyl (C=O) groups is 2. The van der Waals surface area contributed by atoms with E-state index in [0.717, 1.165) is 24.8 Å². The van der Waals surface area contributed by atoms with Crippen LogP contribution in [0.5, 0.6) is 0 Å². The molecule has 0 radical (unpaired) electrons. The zero-order chi connectivity index (χ0) is 16.7. The van der Waals surface area contributed by atoms with Crippen LogP contribution in [-0.2, 0) is 9.59 Å². The first kappa shape index (κ1) is 18.9. The summed E-state index contributed by atoms with van der Waals surface area (Å²) in [5.74, 6) is 1.38. The van der Waals surface area contributed by atoms with Gasteiger partial charge in [-0.25, -0.2) is 0 Å². The second kappa shape index (κ2) is 9.13. The first-order valence-electron chi connectivity index (χ1n) is 8.50. The van der Waals surface area contributed by atoms with Crippen molar-refractivity contribution in [1.82, 2.24) is 10.2 Å². The molecule has 1 aliphatic carbocycles. The number of carboxylic acid groups (broad SMARTS) is 1. The molecule has 0 heterocycles. The SMILES string of the molecule is CC(=O)NCCN(CCC1CC(C)CC(C)C1)C(C)C(=O)O. The van der Waals surface area contributed by atoms with E-state index in [1.165, 1.54) is 26.2 Å². The van der Waals surface area contributed by atoms with E-state index >= 15 is 0 Å². The second-order valence-electron chi connectivity index (χ2n) is 7.11. The summed E-state index contributed by atoms with van der Waals surface area (Å²) in [6.07, 6.45) is 4.87. The van der Waals surface area contributed by atoms with E-state index in [9.17, 15) is 14.7 Å². The average Bonchev–Trinajstić information content (AvgIpc) is 2.40. The lowest BCUT2D eigenvalue weighted by Crippen LogP contribution is -2.44. The Morgan fingerprint density at radius 1 is 1.18 bits per heavy atom. The zero-order valence-corrected chi connectivity index (χ0v) is 14.5. The summed E-state index contributed by atoms with van der Waals surface area (Å²) < 4.78 is 0. The van der Waals surface area contributed by atoms with Gasteiger partial charge in [0.15, 0.2) is 0 Å². The highest BCUT2D eigenvalue weighted by Gasteiger charge is 2.26. The molecule has 1 amide bonds. The normalized spacial score (nSPS) is 26.7. The maximum Gasteiger partial charge on any atom is 0.320 e. The van der Waals surface area contributed by atoms with Gasteiger partial charge in [0.05, 0.1) is 0 Å². The van der Waals surface area contributed by atoms with Crippen molar-refractivity contribution in [2.24, 2.45) is 17.8 Å². The van der Waals surface area contributed by atoms with Gasteiger partial charge in [-0.2, -0.15) is 0 Å². The maximum absolute atomic E-state index is 11.3. The summed E-state index contributed by atoms with van der Waals surface area (Å²) in [7, 11) is 0. The number of nitrogens with zero attached hydrogens (tertiary/aromatic N) is 1. The van der Waals surface area contributed by atoms with E-state index in [-0.39, 0.29) is 5.91 Å². The Balaban J connectivity index is 2.48. The predicted molar refractivity (Wildman–Crippen MR) is 87.6 cm³/mol. The minimum atomic E-state index is -0.798. The maximum atomic E-state index is 11.3. The van der Waals surface area contributed by atoms with Crippen molar-refractivity contribution in [1.29, 1.82) is 0 Å². The molecule has 0 aromatic heterocycles. The highest BCUT2D eigenvalue weighted by Crippen LogP contribution is 2.34. The molecule has 3 atom stereocenters. The fourth-order valence-electron chi connectivity index (χ4n) is 3.73. The number of hydrogen-bond donors (Lipinski definition) is 2. The molecule has 1 fully saturated rings. The molecule has 0 aromatic carbocycles. The lowest BCUT2D eigenvalue weighted by molar-refractivity contribution is -0.142. The number of carboxylic acids is 1. The van der Waals surface area contributed by atoms with Crippen LogP contribution in [0.25, 0.3) is 0 Å². The third kappa shape index (κ3) is 6.77. The first-order chi connectivity index (χ1) is 10.3. The highest BCUT2D eigenvalue weighted by atomic mass is 16.4. The molecule has 0 spiro atoms. The summed E-state index contributed by atoms with van der Waals surface area (Å²) in [6, 6.07) is -0.507. The Bertz CT molecular complexity index is 363. The van der Waals surface area contributed by atoms with Crippen molar-refractivity contribution >= 4 is 11.9 Å². The molecule has 22 heavy (non-hydrogen) atoms. The molecule has 0 aromatic rings. The predicted octanol–water partition coefficient (Wildman–Crippen LogP) is 2.36. The van der Waals surface area contributed by atoms with Crippen molar-refractivity contribution in [3.63, 3.8) is 0 Å². The van der Waals surface area contributed by atoms with Gasteiger partial charge in [0.1, 0.15) is 6.04 Å². The fourth-order valence-corrected chi connectivity index (χ4v) is 3.73. The van der Waals surface area contributed by atoms with Gasteiger partial charge in [0.25, 0.3) is 0 Å². The topological polar surface area (TPSA) is 69.6 Å². The molecule has 5 nitrogen and oxygen atoms in total. The Morgan fingerprint density at radius 2 is 1.77 bits per heavy atom. The second-order valence-corrected chi connectivity index (χ2v) is 7.11. The largest absolute Gasteiger partial charge is 0.480 e. The highest BCUT2D eigenvalue weighted by molar-refractivity contribution is 5.73. The van der Waals surface area contributed by atoms with Crippen LogP contribution < -0.4 is 5.32 Å². The van der Waals surface area contributed by atoms with Crippen LogP contribution >= 0.6 is 0 Å². The van der Waals surface area contributed by atoms with E-state index < -0.39 is 12.0 Å². The van der Waals surface area contributed by atoms with Gasteiger partial charge in [0.2, 0.25) is 5.91 Å². The summed E-state index contributed by atoms with van der Waals surface area (Å²) in [4.78, 5) is 24.2. The van der Waals surface area contributed by atoms with E-state index in [1.54, 1.807) is 6.92 Å². The molecule has 128 valence electrons. The van der Waals surface area contributed by atoms with E-state index in [4.69, 9.17) is 0 Å². The standard InChI is InChI=1S/C17H32N2O3/c1-12-9-13(2)11-16(10-12)5-7-19(14(3)17(21)22)8-6-18-15(4)20/h12-14,16H,5-11H2,1-4H3,(H,18,20)(H,21,22). The minimum absolute atomic E-state index is 0.0714. The number of rotatable bonds is 8. The quantitative estimate of drug-likeness (QED) is 0.722. The van der Waals surface area contributed by atoms with E-state index in [0.29, 0.717) is 19.0 Å². The smallest absolute Gasteiger partial charge is 0.320 e. The van der Waals surface area contributed by atoms with Gasteiger partial charge in [-0.05, 0) is 56.9 Å². The molecule has 0 saturated heterocycles. The fraction of sp³-hybridized carbons (Fsp3) is 0.882. The van der Waals surface area contributed by atoms with Gasteiger partial charge in [-0.3, -0.25) is 14.5 Å². The van der Waals surface area contributed by atoms with Crippen LogP contribution in [0.15, 0.2) is 0 Å². The van der Waals surface area contributed by atoms with Crippen molar-refractivity contribution in [2.45, 2.75) is 59.4 Å². The molecular weight excluding hydrogens is 280 g/mol. The molecule has 1 rings (SSSR count). The van der Waals surface area contributed by atoms with Gasteiger partial charge in [-0.15, -0.1) is 0 Å². The summed E-state index contributed by atoms with van der Waals surface area (Å²) in [5, 5.41) is 12.0. The monoisotopic (exact) mass is 312 g/mol.